The molecule has 0 saturated heterocycles. The van der Waals surface area contributed by atoms with Crippen molar-refractivity contribution in [2.75, 3.05) is 0 Å². The highest BCUT2D eigenvalue weighted by Crippen LogP contribution is 2.49. The van der Waals surface area contributed by atoms with Gasteiger partial charge >= 0.3 is 0 Å². The van der Waals surface area contributed by atoms with Crippen LogP contribution in [0.1, 0.15) is 19.5 Å². The summed E-state index contributed by atoms with van der Waals surface area (Å²) in [4.78, 5) is 25.3. The van der Waals surface area contributed by atoms with E-state index in [4.69, 9.17) is 9.97 Å². The average Bonchev–Trinajstić information content (AvgIpc) is 3.90. The second-order valence-corrected chi connectivity index (χ2v) is 18.5. The zero-order chi connectivity index (χ0) is 31.4. The molecule has 8 heteroatoms. The van der Waals surface area contributed by atoms with E-state index in [1.165, 1.54) is 69.7 Å². The van der Waals surface area contributed by atoms with Crippen molar-refractivity contribution >= 4 is 68.0 Å². The molecular formula is C38H28N2S6. The number of rotatable bonds is 7. The van der Waals surface area contributed by atoms with E-state index in [1.807, 2.05) is 80.4 Å². The van der Waals surface area contributed by atoms with Crippen LogP contribution in [0.3, 0.4) is 0 Å². The SMILES string of the molecule is Cc1ccc(-c2cc(-c3ccnc(-c4cc(-c5cc(-c6ccc(C)s6)c(-c6ccc(C)s6)s5)ccn4)c3)sc2-c2ccc(C)s2)s1. The van der Waals surface area contributed by atoms with E-state index in [-0.39, 0.29) is 0 Å². The maximum absolute atomic E-state index is 4.80. The maximum Gasteiger partial charge on any atom is 0.0892 e. The summed E-state index contributed by atoms with van der Waals surface area (Å²) >= 11 is 11.2. The van der Waals surface area contributed by atoms with Crippen molar-refractivity contribution in [2.45, 2.75) is 27.7 Å². The molecule has 0 aliphatic carbocycles. The normalized spacial score (nSPS) is 11.5. The van der Waals surface area contributed by atoms with Gasteiger partial charge in [0.05, 0.1) is 21.1 Å². The zero-order valence-corrected chi connectivity index (χ0v) is 30.5. The van der Waals surface area contributed by atoms with Crippen molar-refractivity contribution in [2.24, 2.45) is 0 Å². The van der Waals surface area contributed by atoms with Crippen LogP contribution in [0.2, 0.25) is 0 Å². The van der Waals surface area contributed by atoms with Gasteiger partial charge in [0.1, 0.15) is 0 Å². The monoisotopic (exact) mass is 704 g/mol. The Hall–Kier alpha value is -3.50. The van der Waals surface area contributed by atoms with Crippen molar-refractivity contribution in [1.29, 1.82) is 0 Å². The summed E-state index contributed by atoms with van der Waals surface area (Å²) in [5.74, 6) is 0. The van der Waals surface area contributed by atoms with Crippen molar-refractivity contribution < 1.29 is 0 Å². The summed E-state index contributed by atoms with van der Waals surface area (Å²) in [6, 6.07) is 31.2. The van der Waals surface area contributed by atoms with Gasteiger partial charge in [-0.25, -0.2) is 0 Å². The van der Waals surface area contributed by atoms with Gasteiger partial charge in [-0.3, -0.25) is 9.97 Å². The quantitative estimate of drug-likeness (QED) is 0.165. The molecule has 0 amide bonds. The molecule has 0 unspecified atom stereocenters. The van der Waals surface area contributed by atoms with Gasteiger partial charge in [-0.15, -0.1) is 68.0 Å². The Morgan fingerprint density at radius 3 is 1.09 bits per heavy atom. The van der Waals surface area contributed by atoms with E-state index in [0.29, 0.717) is 0 Å². The molecule has 8 heterocycles. The van der Waals surface area contributed by atoms with Crippen LogP contribution >= 0.6 is 68.0 Å². The molecule has 0 aromatic carbocycles. The van der Waals surface area contributed by atoms with Crippen LogP contribution in [-0.2, 0) is 0 Å². The van der Waals surface area contributed by atoms with Gasteiger partial charge in [-0.1, -0.05) is 0 Å². The molecule has 0 atom stereocenters. The molecule has 0 N–H and O–H groups in total. The zero-order valence-electron chi connectivity index (χ0n) is 25.6. The molecule has 2 nitrogen and oxygen atoms in total. The van der Waals surface area contributed by atoms with E-state index in [1.54, 1.807) is 0 Å². The minimum atomic E-state index is 0.884. The van der Waals surface area contributed by atoms with E-state index >= 15 is 0 Å². The first-order valence-corrected chi connectivity index (χ1v) is 19.8. The Morgan fingerprint density at radius 1 is 0.370 bits per heavy atom. The van der Waals surface area contributed by atoms with E-state index in [0.717, 1.165) is 22.5 Å². The van der Waals surface area contributed by atoms with Crippen molar-refractivity contribution in [3.8, 4) is 72.7 Å². The fraction of sp³-hybridized carbons (Fsp3) is 0.105. The summed E-state index contributed by atoms with van der Waals surface area (Å²) in [6.45, 7) is 8.71. The molecule has 0 bridgehead atoms. The molecule has 0 radical (unpaired) electrons. The van der Waals surface area contributed by atoms with Gasteiger partial charge in [0.25, 0.3) is 0 Å². The fourth-order valence-electron chi connectivity index (χ4n) is 5.52. The third-order valence-corrected chi connectivity index (χ3v) is 14.6. The number of pyridine rings is 2. The first-order valence-electron chi connectivity index (χ1n) is 14.9. The van der Waals surface area contributed by atoms with Gasteiger partial charge in [-0.2, -0.15) is 0 Å². The largest absolute Gasteiger partial charge is 0.255 e. The Balaban J connectivity index is 1.18. The summed E-state index contributed by atoms with van der Waals surface area (Å²) in [6.07, 6.45) is 3.84. The fourth-order valence-corrected chi connectivity index (χ4v) is 11.7. The lowest BCUT2D eigenvalue weighted by atomic mass is 10.1. The van der Waals surface area contributed by atoms with E-state index in [9.17, 15) is 0 Å². The predicted molar refractivity (Wildman–Crippen MR) is 206 cm³/mol. The second kappa shape index (κ2) is 12.3. The van der Waals surface area contributed by atoms with Gasteiger partial charge in [0.15, 0.2) is 0 Å². The molecule has 8 rings (SSSR count). The third kappa shape index (κ3) is 5.79. The Kier molecular flexibility index (Phi) is 7.96. The molecule has 0 saturated carbocycles. The maximum atomic E-state index is 4.80. The van der Waals surface area contributed by atoms with Crippen LogP contribution in [0.15, 0.2) is 97.3 Å². The minimum absolute atomic E-state index is 0.884. The number of thiophene rings is 6. The summed E-state index contributed by atoms with van der Waals surface area (Å²) in [5.41, 5.74) is 6.72. The number of nitrogens with zero attached hydrogens (tertiary/aromatic N) is 2. The summed E-state index contributed by atoms with van der Waals surface area (Å²) in [7, 11) is 0. The van der Waals surface area contributed by atoms with Crippen LogP contribution in [0, 0.1) is 27.7 Å². The molecule has 0 spiro atoms. The molecule has 8 aromatic rings. The molecule has 46 heavy (non-hydrogen) atoms. The standard InChI is InChI=1S/C38H28N2S6/c1-21-5-9-31(41-21)27-19-35(45-37(27)33-11-7-23(3)43-33)25-13-15-39-29(17-25)30-18-26(14-16-40-30)36-20-28(32-10-6-22(2)42-32)38(46-36)34-12-8-24(4)44-34/h5-20H,1-4H3. The molecule has 226 valence electrons. The third-order valence-electron chi connectivity index (χ3n) is 7.76. The van der Waals surface area contributed by atoms with Crippen molar-refractivity contribution in [3.63, 3.8) is 0 Å². The Morgan fingerprint density at radius 2 is 0.739 bits per heavy atom. The average molecular weight is 705 g/mol. The number of hydrogen-bond acceptors (Lipinski definition) is 8. The molecule has 0 fully saturated rings. The van der Waals surface area contributed by atoms with Gasteiger partial charge < -0.3 is 0 Å². The van der Waals surface area contributed by atoms with Crippen molar-refractivity contribution in [3.05, 3.63) is 117 Å². The molecular weight excluding hydrogens is 677 g/mol. The molecule has 0 aliphatic rings. The lowest BCUT2D eigenvalue weighted by Gasteiger charge is -2.05. The van der Waals surface area contributed by atoms with Gasteiger partial charge in [0, 0.05) is 72.3 Å². The molecule has 8 aromatic heterocycles. The lowest BCUT2D eigenvalue weighted by molar-refractivity contribution is 1.25. The van der Waals surface area contributed by atoms with Crippen molar-refractivity contribution in [1.82, 2.24) is 9.97 Å². The number of hydrogen-bond donors (Lipinski definition) is 0. The van der Waals surface area contributed by atoms with Gasteiger partial charge in [0.2, 0.25) is 0 Å². The first-order chi connectivity index (χ1) is 22.4. The number of aryl methyl sites for hydroxylation is 4. The van der Waals surface area contributed by atoms with Crippen LogP contribution in [0.25, 0.3) is 72.7 Å². The summed E-state index contributed by atoms with van der Waals surface area (Å²) < 4.78 is 0. The van der Waals surface area contributed by atoms with Crippen LogP contribution in [-0.4, -0.2) is 9.97 Å². The first kappa shape index (κ1) is 29.9. The topological polar surface area (TPSA) is 25.8 Å². The van der Waals surface area contributed by atoms with E-state index in [2.05, 4.69) is 113 Å². The predicted octanol–water partition coefficient (Wildman–Crippen LogP) is 13.7. The molecule has 0 aliphatic heterocycles. The summed E-state index contributed by atoms with van der Waals surface area (Å²) in [5, 5.41) is 0. The lowest BCUT2D eigenvalue weighted by Crippen LogP contribution is -1.88. The van der Waals surface area contributed by atoms with E-state index < -0.39 is 0 Å². The minimum Gasteiger partial charge on any atom is -0.255 e. The highest BCUT2D eigenvalue weighted by molar-refractivity contribution is 7.25. The van der Waals surface area contributed by atoms with Crippen LogP contribution < -0.4 is 0 Å². The second-order valence-electron chi connectivity index (χ2n) is 11.2. The highest BCUT2D eigenvalue weighted by atomic mass is 32.1. The van der Waals surface area contributed by atoms with Crippen LogP contribution in [0.4, 0.5) is 0 Å². The van der Waals surface area contributed by atoms with Gasteiger partial charge in [-0.05, 0) is 124 Å². The number of aromatic nitrogens is 2. The van der Waals surface area contributed by atoms with Crippen LogP contribution in [0.5, 0.6) is 0 Å². The Bertz CT molecular complexity index is 2060. The smallest absolute Gasteiger partial charge is 0.0892 e. The highest BCUT2D eigenvalue weighted by Gasteiger charge is 2.19. The Labute approximate surface area is 293 Å².